The zero-order chi connectivity index (χ0) is 12.1. The fraction of sp³-hybridized carbons (Fsp3) is 0.538. The van der Waals surface area contributed by atoms with E-state index in [-0.39, 0.29) is 6.04 Å². The smallest absolute Gasteiger partial charge is 0.124 e. The van der Waals surface area contributed by atoms with Crippen LogP contribution in [0.2, 0.25) is 0 Å². The van der Waals surface area contributed by atoms with Crippen molar-refractivity contribution in [2.24, 2.45) is 11.5 Å². The molecule has 1 aromatic carbocycles. The average molecular weight is 222 g/mol. The summed E-state index contributed by atoms with van der Waals surface area (Å²) in [7, 11) is 0. The molecule has 3 nitrogen and oxygen atoms in total. The maximum atomic E-state index is 5.99. The Labute approximate surface area is 97.8 Å². The molecule has 16 heavy (non-hydrogen) atoms. The first-order valence-corrected chi connectivity index (χ1v) is 5.82. The lowest BCUT2D eigenvalue weighted by atomic mass is 9.97. The van der Waals surface area contributed by atoms with Crippen molar-refractivity contribution < 1.29 is 4.74 Å². The van der Waals surface area contributed by atoms with E-state index in [4.69, 9.17) is 16.2 Å². The third-order valence-corrected chi connectivity index (χ3v) is 2.65. The summed E-state index contributed by atoms with van der Waals surface area (Å²) < 4.78 is 5.56. The quantitative estimate of drug-likeness (QED) is 0.802. The van der Waals surface area contributed by atoms with Crippen LogP contribution in [0.3, 0.4) is 0 Å². The monoisotopic (exact) mass is 222 g/mol. The van der Waals surface area contributed by atoms with Gasteiger partial charge in [-0.3, -0.25) is 0 Å². The van der Waals surface area contributed by atoms with E-state index in [0.717, 1.165) is 11.3 Å². The second-order valence-electron chi connectivity index (χ2n) is 4.23. The molecule has 0 radical (unpaired) electrons. The lowest BCUT2D eigenvalue weighted by Crippen LogP contribution is -2.21. The average Bonchev–Trinajstić information content (AvgIpc) is 2.28. The standard InChI is InChI=1S/C13H22N2O/c1-4-16-13-6-5-10(9(2)3)7-11(13)12(15)8-14/h5-7,9,12H,4,8,14-15H2,1-3H3. The Morgan fingerprint density at radius 3 is 2.50 bits per heavy atom. The summed E-state index contributed by atoms with van der Waals surface area (Å²) in [4.78, 5) is 0. The van der Waals surface area contributed by atoms with Crippen LogP contribution in [0.4, 0.5) is 0 Å². The van der Waals surface area contributed by atoms with E-state index in [1.165, 1.54) is 5.56 Å². The molecule has 90 valence electrons. The summed E-state index contributed by atoms with van der Waals surface area (Å²) in [5, 5.41) is 0. The van der Waals surface area contributed by atoms with Gasteiger partial charge < -0.3 is 16.2 Å². The summed E-state index contributed by atoms with van der Waals surface area (Å²) in [6.45, 7) is 7.36. The molecule has 0 spiro atoms. The number of nitrogens with two attached hydrogens (primary N) is 2. The van der Waals surface area contributed by atoms with Gasteiger partial charge in [-0.15, -0.1) is 0 Å². The maximum absolute atomic E-state index is 5.99. The molecule has 0 amide bonds. The fourth-order valence-corrected chi connectivity index (χ4v) is 1.63. The predicted octanol–water partition coefficient (Wildman–Crippen LogP) is 2.17. The summed E-state index contributed by atoms with van der Waals surface area (Å²) in [5.41, 5.74) is 13.9. The van der Waals surface area contributed by atoms with Crippen LogP contribution in [0.15, 0.2) is 18.2 Å². The van der Waals surface area contributed by atoms with Crippen molar-refractivity contribution in [3.05, 3.63) is 29.3 Å². The molecule has 0 aromatic heterocycles. The Morgan fingerprint density at radius 1 is 1.31 bits per heavy atom. The predicted molar refractivity (Wildman–Crippen MR) is 67.7 cm³/mol. The van der Waals surface area contributed by atoms with E-state index >= 15 is 0 Å². The van der Waals surface area contributed by atoms with Crippen molar-refractivity contribution in [2.45, 2.75) is 32.7 Å². The number of benzene rings is 1. The van der Waals surface area contributed by atoms with Crippen molar-refractivity contribution in [1.29, 1.82) is 0 Å². The topological polar surface area (TPSA) is 61.3 Å². The highest BCUT2D eigenvalue weighted by Crippen LogP contribution is 2.27. The molecule has 1 aromatic rings. The Balaban J connectivity index is 3.10. The van der Waals surface area contributed by atoms with Crippen LogP contribution in [0.5, 0.6) is 5.75 Å². The first kappa shape index (κ1) is 13.0. The number of hydrogen-bond donors (Lipinski definition) is 2. The largest absolute Gasteiger partial charge is 0.494 e. The number of ether oxygens (including phenoxy) is 1. The molecule has 0 saturated heterocycles. The molecular weight excluding hydrogens is 200 g/mol. The summed E-state index contributed by atoms with van der Waals surface area (Å²) in [6.07, 6.45) is 0. The Bertz CT molecular complexity index is 337. The van der Waals surface area contributed by atoms with Gasteiger partial charge in [0.1, 0.15) is 5.75 Å². The third-order valence-electron chi connectivity index (χ3n) is 2.65. The molecule has 0 heterocycles. The zero-order valence-corrected chi connectivity index (χ0v) is 10.4. The number of rotatable bonds is 5. The first-order chi connectivity index (χ1) is 7.60. The normalized spacial score (nSPS) is 12.9. The van der Waals surface area contributed by atoms with E-state index in [1.54, 1.807) is 0 Å². The molecule has 1 rings (SSSR count). The highest BCUT2D eigenvalue weighted by atomic mass is 16.5. The van der Waals surface area contributed by atoms with Crippen LogP contribution in [0.25, 0.3) is 0 Å². The first-order valence-electron chi connectivity index (χ1n) is 5.82. The molecule has 1 unspecified atom stereocenters. The van der Waals surface area contributed by atoms with E-state index in [1.807, 2.05) is 13.0 Å². The van der Waals surface area contributed by atoms with Crippen LogP contribution in [0.1, 0.15) is 43.9 Å². The second kappa shape index (κ2) is 5.87. The molecule has 3 heteroatoms. The molecule has 0 aliphatic heterocycles. The van der Waals surface area contributed by atoms with Gasteiger partial charge in [0.25, 0.3) is 0 Å². The van der Waals surface area contributed by atoms with Gasteiger partial charge >= 0.3 is 0 Å². The van der Waals surface area contributed by atoms with Crippen LogP contribution in [-0.2, 0) is 0 Å². The van der Waals surface area contributed by atoms with E-state index in [2.05, 4.69) is 26.0 Å². The third kappa shape index (κ3) is 2.97. The van der Waals surface area contributed by atoms with Gasteiger partial charge in [0.15, 0.2) is 0 Å². The molecule has 0 fully saturated rings. The molecule has 0 bridgehead atoms. The van der Waals surface area contributed by atoms with Crippen molar-refractivity contribution in [2.75, 3.05) is 13.2 Å². The Hall–Kier alpha value is -1.06. The highest BCUT2D eigenvalue weighted by molar-refractivity contribution is 5.40. The van der Waals surface area contributed by atoms with Crippen molar-refractivity contribution in [3.8, 4) is 5.75 Å². The zero-order valence-electron chi connectivity index (χ0n) is 10.4. The molecule has 1 atom stereocenters. The molecule has 0 aliphatic carbocycles. The Morgan fingerprint density at radius 2 is 2.00 bits per heavy atom. The Kier molecular flexibility index (Phi) is 4.77. The van der Waals surface area contributed by atoms with Crippen LogP contribution in [0, 0.1) is 0 Å². The van der Waals surface area contributed by atoms with Crippen LogP contribution in [-0.4, -0.2) is 13.2 Å². The van der Waals surface area contributed by atoms with Gasteiger partial charge in [-0.2, -0.15) is 0 Å². The minimum absolute atomic E-state index is 0.153. The molecule has 4 N–H and O–H groups in total. The van der Waals surface area contributed by atoms with Crippen molar-refractivity contribution >= 4 is 0 Å². The molecule has 0 saturated carbocycles. The van der Waals surface area contributed by atoms with Gasteiger partial charge in [-0.05, 0) is 24.5 Å². The van der Waals surface area contributed by atoms with Gasteiger partial charge in [0.2, 0.25) is 0 Å². The summed E-state index contributed by atoms with van der Waals surface area (Å²) in [5.74, 6) is 1.34. The molecule has 0 aliphatic rings. The van der Waals surface area contributed by atoms with E-state index < -0.39 is 0 Å². The maximum Gasteiger partial charge on any atom is 0.124 e. The van der Waals surface area contributed by atoms with Crippen molar-refractivity contribution in [3.63, 3.8) is 0 Å². The minimum Gasteiger partial charge on any atom is -0.494 e. The lowest BCUT2D eigenvalue weighted by Gasteiger charge is -2.17. The lowest BCUT2D eigenvalue weighted by molar-refractivity contribution is 0.334. The van der Waals surface area contributed by atoms with Gasteiger partial charge in [-0.1, -0.05) is 26.0 Å². The van der Waals surface area contributed by atoms with E-state index in [0.29, 0.717) is 19.1 Å². The summed E-state index contributed by atoms with van der Waals surface area (Å²) >= 11 is 0. The van der Waals surface area contributed by atoms with Crippen LogP contribution < -0.4 is 16.2 Å². The number of hydrogen-bond acceptors (Lipinski definition) is 3. The van der Waals surface area contributed by atoms with Gasteiger partial charge in [0.05, 0.1) is 6.61 Å². The SMILES string of the molecule is CCOc1ccc(C(C)C)cc1C(N)CN. The minimum atomic E-state index is -0.153. The van der Waals surface area contributed by atoms with E-state index in [9.17, 15) is 0 Å². The fourth-order valence-electron chi connectivity index (χ4n) is 1.63. The second-order valence-corrected chi connectivity index (χ2v) is 4.23. The molecular formula is C13H22N2O. The van der Waals surface area contributed by atoms with Gasteiger partial charge in [0, 0.05) is 18.2 Å². The highest BCUT2D eigenvalue weighted by Gasteiger charge is 2.12. The van der Waals surface area contributed by atoms with Gasteiger partial charge in [-0.25, -0.2) is 0 Å². The summed E-state index contributed by atoms with van der Waals surface area (Å²) in [6, 6.07) is 6.03. The van der Waals surface area contributed by atoms with Crippen LogP contribution >= 0.6 is 0 Å². The van der Waals surface area contributed by atoms with Crippen molar-refractivity contribution in [1.82, 2.24) is 0 Å².